The Morgan fingerprint density at radius 3 is 2.40 bits per heavy atom. The minimum atomic E-state index is -0.716. The van der Waals surface area contributed by atoms with E-state index in [0.717, 1.165) is 21.2 Å². The Kier molecular flexibility index (Phi) is 7.68. The maximum Gasteiger partial charge on any atom is 0.295 e. The minimum Gasteiger partial charge on any atom is -0.507 e. The number of aryl methyl sites for hydroxylation is 1. The molecule has 1 heterocycles. The molecule has 0 bridgehead atoms. The maximum absolute atomic E-state index is 13.1. The van der Waals surface area contributed by atoms with Crippen LogP contribution in [0.4, 0.5) is 0 Å². The Morgan fingerprint density at radius 1 is 1.03 bits per heavy atom. The summed E-state index contributed by atoms with van der Waals surface area (Å²) in [5, 5.41) is 11.3. The molecule has 3 aromatic carbocycles. The number of likely N-dealkylation sites (tertiary alicyclic amines) is 1. The van der Waals surface area contributed by atoms with Gasteiger partial charge in [-0.1, -0.05) is 58.4 Å². The lowest BCUT2D eigenvalue weighted by atomic mass is 9.94. The van der Waals surface area contributed by atoms with Gasteiger partial charge in [-0.2, -0.15) is 0 Å². The molecule has 1 fully saturated rings. The van der Waals surface area contributed by atoms with Crippen LogP contribution in [0.3, 0.4) is 0 Å². The molecule has 0 saturated carbocycles. The zero-order valence-corrected chi connectivity index (χ0v) is 21.1. The van der Waals surface area contributed by atoms with E-state index in [1.807, 2.05) is 67.6 Å². The van der Waals surface area contributed by atoms with Crippen LogP contribution in [-0.4, -0.2) is 42.0 Å². The number of aliphatic hydroxyl groups is 1. The fourth-order valence-corrected chi connectivity index (χ4v) is 4.43. The highest BCUT2D eigenvalue weighted by Gasteiger charge is 2.46. The average Bonchev–Trinajstić information content (AvgIpc) is 3.12. The largest absolute Gasteiger partial charge is 0.507 e. The Bertz CT molecular complexity index is 1250. The molecule has 3 aromatic rings. The molecule has 1 atom stereocenters. The first-order valence-corrected chi connectivity index (χ1v) is 12.0. The van der Waals surface area contributed by atoms with Gasteiger partial charge in [0, 0.05) is 23.7 Å². The second-order valence-electron chi connectivity index (χ2n) is 8.29. The molecule has 0 unspecified atom stereocenters. The normalized spacial score (nSPS) is 17.1. The third-order valence-corrected chi connectivity index (χ3v) is 6.49. The Hall–Kier alpha value is -3.42. The number of hydrogen-bond acceptors (Lipinski definition) is 5. The second-order valence-corrected chi connectivity index (χ2v) is 9.20. The van der Waals surface area contributed by atoms with Gasteiger partial charge in [0.2, 0.25) is 0 Å². The molecule has 1 aliphatic rings. The first kappa shape index (κ1) is 24.7. The molecule has 1 aliphatic heterocycles. The van der Waals surface area contributed by atoms with Crippen LogP contribution in [0, 0.1) is 6.92 Å². The van der Waals surface area contributed by atoms with Gasteiger partial charge in [0.15, 0.2) is 0 Å². The van der Waals surface area contributed by atoms with Crippen molar-refractivity contribution < 1.29 is 24.2 Å². The van der Waals surface area contributed by atoms with Crippen LogP contribution < -0.4 is 4.74 Å². The summed E-state index contributed by atoms with van der Waals surface area (Å²) >= 11 is 3.42. The van der Waals surface area contributed by atoms with Crippen molar-refractivity contribution in [2.75, 3.05) is 20.3 Å². The lowest BCUT2D eigenvalue weighted by Gasteiger charge is -2.25. The van der Waals surface area contributed by atoms with Crippen molar-refractivity contribution in [2.24, 2.45) is 0 Å². The number of carbonyl (C=O) groups is 2. The van der Waals surface area contributed by atoms with E-state index in [1.165, 1.54) is 12.0 Å². The molecule has 35 heavy (non-hydrogen) atoms. The van der Waals surface area contributed by atoms with Crippen molar-refractivity contribution in [1.29, 1.82) is 0 Å². The van der Waals surface area contributed by atoms with Gasteiger partial charge < -0.3 is 19.5 Å². The van der Waals surface area contributed by atoms with E-state index in [-0.39, 0.29) is 24.5 Å². The summed E-state index contributed by atoms with van der Waals surface area (Å²) in [6.07, 6.45) is 0. The molecule has 0 aliphatic carbocycles. The van der Waals surface area contributed by atoms with Crippen LogP contribution >= 0.6 is 15.9 Å². The zero-order valence-electron chi connectivity index (χ0n) is 19.5. The summed E-state index contributed by atoms with van der Waals surface area (Å²) in [5.41, 5.74) is 3.04. The first-order valence-electron chi connectivity index (χ1n) is 11.2. The SMILES string of the molecule is COCCN1C(=O)C(=O)C(=C(O)c2ccc(OCc3ccccc3)cc2C)[C@H]1c1ccc(Br)cc1. The lowest BCUT2D eigenvalue weighted by molar-refractivity contribution is -0.140. The van der Waals surface area contributed by atoms with Crippen LogP contribution in [0.25, 0.3) is 5.76 Å². The lowest BCUT2D eigenvalue weighted by Crippen LogP contribution is -2.32. The number of carbonyl (C=O) groups excluding carboxylic acids is 2. The summed E-state index contributed by atoms with van der Waals surface area (Å²) in [6, 6.07) is 21.7. The maximum atomic E-state index is 13.1. The summed E-state index contributed by atoms with van der Waals surface area (Å²) in [4.78, 5) is 27.5. The summed E-state index contributed by atoms with van der Waals surface area (Å²) in [5.74, 6) is -0.927. The van der Waals surface area contributed by atoms with E-state index in [1.54, 1.807) is 12.1 Å². The highest BCUT2D eigenvalue weighted by Crippen LogP contribution is 2.40. The number of halogens is 1. The van der Waals surface area contributed by atoms with Crippen LogP contribution in [0.5, 0.6) is 5.75 Å². The van der Waals surface area contributed by atoms with E-state index >= 15 is 0 Å². The summed E-state index contributed by atoms with van der Waals surface area (Å²) in [6.45, 7) is 2.75. The monoisotopic (exact) mass is 535 g/mol. The van der Waals surface area contributed by atoms with E-state index in [4.69, 9.17) is 9.47 Å². The Morgan fingerprint density at radius 2 is 1.74 bits per heavy atom. The van der Waals surface area contributed by atoms with Crippen molar-refractivity contribution in [3.05, 3.63) is 105 Å². The van der Waals surface area contributed by atoms with Crippen LogP contribution in [0.15, 0.2) is 82.8 Å². The number of benzene rings is 3. The van der Waals surface area contributed by atoms with Crippen molar-refractivity contribution in [3.8, 4) is 5.75 Å². The molecule has 7 heteroatoms. The number of nitrogens with zero attached hydrogens (tertiary/aromatic N) is 1. The first-order chi connectivity index (χ1) is 16.9. The minimum absolute atomic E-state index is 0.0643. The van der Waals surface area contributed by atoms with Gasteiger partial charge in [-0.3, -0.25) is 9.59 Å². The quantitative estimate of drug-likeness (QED) is 0.237. The molecule has 1 amide bonds. The van der Waals surface area contributed by atoms with Crippen molar-refractivity contribution in [2.45, 2.75) is 19.6 Å². The highest BCUT2D eigenvalue weighted by molar-refractivity contribution is 9.10. The van der Waals surface area contributed by atoms with Gasteiger partial charge in [-0.15, -0.1) is 0 Å². The Balaban J connectivity index is 1.70. The summed E-state index contributed by atoms with van der Waals surface area (Å²) in [7, 11) is 1.54. The third-order valence-electron chi connectivity index (χ3n) is 5.96. The van der Waals surface area contributed by atoms with Crippen molar-refractivity contribution in [1.82, 2.24) is 4.90 Å². The van der Waals surface area contributed by atoms with Crippen LogP contribution in [-0.2, 0) is 20.9 Å². The fraction of sp³-hybridized carbons (Fsp3) is 0.214. The highest BCUT2D eigenvalue weighted by atomic mass is 79.9. The Labute approximate surface area is 212 Å². The molecule has 180 valence electrons. The number of ether oxygens (including phenoxy) is 2. The standard InChI is InChI=1S/C28H26BrNO5/c1-18-16-22(35-17-19-6-4-3-5-7-19)12-13-23(18)26(31)24-25(20-8-10-21(29)11-9-20)30(14-15-34-2)28(33)27(24)32/h3-13,16,25,31H,14-15,17H2,1-2H3/t25-/m1/s1. The number of rotatable bonds is 8. The van der Waals surface area contributed by atoms with Crippen LogP contribution in [0.1, 0.15) is 28.3 Å². The van der Waals surface area contributed by atoms with E-state index in [2.05, 4.69) is 15.9 Å². The van der Waals surface area contributed by atoms with Gasteiger partial charge >= 0.3 is 0 Å². The molecule has 1 N–H and O–H groups in total. The topological polar surface area (TPSA) is 76.1 Å². The van der Waals surface area contributed by atoms with E-state index < -0.39 is 17.7 Å². The number of aliphatic hydroxyl groups excluding tert-OH is 1. The number of hydrogen-bond donors (Lipinski definition) is 1. The molecular weight excluding hydrogens is 510 g/mol. The van der Waals surface area contributed by atoms with Gasteiger partial charge in [0.05, 0.1) is 18.2 Å². The van der Waals surface area contributed by atoms with Gasteiger partial charge in [-0.25, -0.2) is 0 Å². The molecular formula is C28H26BrNO5. The van der Waals surface area contributed by atoms with Crippen LogP contribution in [0.2, 0.25) is 0 Å². The number of ketones is 1. The van der Waals surface area contributed by atoms with E-state index in [0.29, 0.717) is 17.9 Å². The molecule has 1 saturated heterocycles. The van der Waals surface area contributed by atoms with Gasteiger partial charge in [0.1, 0.15) is 18.1 Å². The smallest absolute Gasteiger partial charge is 0.295 e. The number of amides is 1. The molecule has 4 rings (SSSR count). The fourth-order valence-electron chi connectivity index (χ4n) is 4.17. The molecule has 6 nitrogen and oxygen atoms in total. The van der Waals surface area contributed by atoms with E-state index in [9.17, 15) is 14.7 Å². The number of methoxy groups -OCH3 is 1. The van der Waals surface area contributed by atoms with Gasteiger partial charge in [0.25, 0.3) is 11.7 Å². The third kappa shape index (κ3) is 5.31. The van der Waals surface area contributed by atoms with Crippen molar-refractivity contribution in [3.63, 3.8) is 0 Å². The second kappa shape index (κ2) is 10.9. The average molecular weight is 536 g/mol. The molecule has 0 aromatic heterocycles. The summed E-state index contributed by atoms with van der Waals surface area (Å²) < 4.78 is 11.9. The van der Waals surface area contributed by atoms with Crippen molar-refractivity contribution >= 4 is 33.4 Å². The zero-order chi connectivity index (χ0) is 24.9. The van der Waals surface area contributed by atoms with Gasteiger partial charge in [-0.05, 0) is 53.9 Å². The predicted molar refractivity (Wildman–Crippen MR) is 137 cm³/mol. The number of Topliss-reactive ketones (excluding diaryl/α,β-unsaturated/α-hetero) is 1. The predicted octanol–water partition coefficient (Wildman–Crippen LogP) is 5.40. The molecule has 0 spiro atoms. The molecule has 0 radical (unpaired) electrons.